The van der Waals surface area contributed by atoms with Gasteiger partial charge in [0.25, 0.3) is 0 Å². The maximum atomic E-state index is 6.02. The minimum Gasteiger partial charge on any atom is -0.457 e. The van der Waals surface area contributed by atoms with Gasteiger partial charge in [-0.05, 0) is 61.2 Å². The van der Waals surface area contributed by atoms with Crippen molar-refractivity contribution in [3.63, 3.8) is 0 Å². The van der Waals surface area contributed by atoms with Gasteiger partial charge in [-0.15, -0.1) is 0 Å². The van der Waals surface area contributed by atoms with E-state index in [1.165, 1.54) is 18.4 Å². The number of halogens is 2. The molecule has 0 spiro atoms. The fourth-order valence-electron chi connectivity index (χ4n) is 2.09. The number of benzene rings is 2. The molecule has 4 heteroatoms. The summed E-state index contributed by atoms with van der Waals surface area (Å²) in [5.41, 5.74) is 2.26. The highest BCUT2D eigenvalue weighted by molar-refractivity contribution is 9.10. The predicted octanol–water partition coefficient (Wildman–Crippen LogP) is 5.46. The molecule has 1 aliphatic carbocycles. The summed E-state index contributed by atoms with van der Waals surface area (Å²) >= 11 is 9.64. The summed E-state index contributed by atoms with van der Waals surface area (Å²) in [6, 6.07) is 12.5. The van der Waals surface area contributed by atoms with Crippen LogP contribution in [0, 0.1) is 6.92 Å². The van der Waals surface area contributed by atoms with E-state index in [9.17, 15) is 0 Å². The van der Waals surface area contributed by atoms with Crippen LogP contribution in [0.4, 0.5) is 0 Å². The number of rotatable bonds is 5. The summed E-state index contributed by atoms with van der Waals surface area (Å²) in [7, 11) is 0. The van der Waals surface area contributed by atoms with Crippen molar-refractivity contribution in [2.24, 2.45) is 0 Å². The first kappa shape index (κ1) is 14.9. The molecule has 0 aromatic heterocycles. The molecule has 1 aliphatic rings. The summed E-state index contributed by atoms with van der Waals surface area (Å²) < 4.78 is 6.95. The molecule has 2 nitrogen and oxygen atoms in total. The van der Waals surface area contributed by atoms with E-state index in [2.05, 4.69) is 27.3 Å². The predicted molar refractivity (Wildman–Crippen MR) is 90.3 cm³/mol. The zero-order chi connectivity index (χ0) is 14.8. The number of nitrogens with one attached hydrogen (secondary N) is 1. The van der Waals surface area contributed by atoms with Crippen LogP contribution >= 0.6 is 27.5 Å². The molecular formula is C17H17BrClNO. The monoisotopic (exact) mass is 365 g/mol. The normalized spacial score (nSPS) is 14.2. The Kier molecular flexibility index (Phi) is 4.53. The highest BCUT2D eigenvalue weighted by Crippen LogP contribution is 2.29. The number of hydrogen-bond donors (Lipinski definition) is 1. The molecule has 110 valence electrons. The van der Waals surface area contributed by atoms with Crippen LogP contribution in [-0.4, -0.2) is 6.04 Å². The van der Waals surface area contributed by atoms with E-state index in [4.69, 9.17) is 16.3 Å². The van der Waals surface area contributed by atoms with Crippen molar-refractivity contribution < 1.29 is 4.74 Å². The molecule has 0 bridgehead atoms. The summed E-state index contributed by atoms with van der Waals surface area (Å²) in [4.78, 5) is 0. The lowest BCUT2D eigenvalue weighted by Crippen LogP contribution is -2.15. The first-order valence-electron chi connectivity index (χ1n) is 7.07. The SMILES string of the molecule is Cc1cc(Oc2ccc(CNC3CC3)c(Br)c2)ccc1Cl. The smallest absolute Gasteiger partial charge is 0.128 e. The third-order valence-electron chi connectivity index (χ3n) is 3.55. The minimum absolute atomic E-state index is 0.713. The molecule has 0 atom stereocenters. The van der Waals surface area contributed by atoms with Gasteiger partial charge in [0.1, 0.15) is 11.5 Å². The molecule has 2 aromatic carbocycles. The van der Waals surface area contributed by atoms with Crippen molar-refractivity contribution in [3.8, 4) is 11.5 Å². The zero-order valence-electron chi connectivity index (χ0n) is 11.8. The number of hydrogen-bond acceptors (Lipinski definition) is 2. The molecule has 0 radical (unpaired) electrons. The second-order valence-electron chi connectivity index (χ2n) is 5.42. The molecule has 0 saturated heterocycles. The standard InChI is InChI=1S/C17H17BrClNO/c1-11-8-14(6-7-17(11)19)21-15-5-2-12(16(18)9-15)10-20-13-3-4-13/h2,5-9,13,20H,3-4,10H2,1H3. The Hall–Kier alpha value is -1.03. The molecule has 21 heavy (non-hydrogen) atoms. The topological polar surface area (TPSA) is 21.3 Å². The van der Waals surface area contributed by atoms with Crippen molar-refractivity contribution in [3.05, 3.63) is 57.0 Å². The molecule has 0 aliphatic heterocycles. The Morgan fingerprint density at radius 1 is 1.19 bits per heavy atom. The van der Waals surface area contributed by atoms with E-state index in [1.54, 1.807) is 0 Å². The third-order valence-corrected chi connectivity index (χ3v) is 4.71. The highest BCUT2D eigenvalue weighted by Gasteiger charge is 2.20. The van der Waals surface area contributed by atoms with Crippen LogP contribution < -0.4 is 10.1 Å². The van der Waals surface area contributed by atoms with Gasteiger partial charge in [-0.1, -0.05) is 33.6 Å². The Morgan fingerprint density at radius 2 is 1.90 bits per heavy atom. The van der Waals surface area contributed by atoms with Crippen LogP contribution in [-0.2, 0) is 6.54 Å². The molecule has 1 saturated carbocycles. The second kappa shape index (κ2) is 6.39. The van der Waals surface area contributed by atoms with Gasteiger partial charge >= 0.3 is 0 Å². The van der Waals surface area contributed by atoms with Crippen LogP contribution in [0.3, 0.4) is 0 Å². The van der Waals surface area contributed by atoms with E-state index in [0.717, 1.165) is 33.1 Å². The van der Waals surface area contributed by atoms with Crippen LogP contribution in [0.15, 0.2) is 40.9 Å². The number of ether oxygens (including phenoxy) is 1. The first-order valence-corrected chi connectivity index (χ1v) is 8.25. The summed E-state index contributed by atoms with van der Waals surface area (Å²) in [5.74, 6) is 1.62. The molecular weight excluding hydrogens is 350 g/mol. The molecule has 0 unspecified atom stereocenters. The van der Waals surface area contributed by atoms with Crippen molar-refractivity contribution in [2.75, 3.05) is 0 Å². The lowest BCUT2D eigenvalue weighted by molar-refractivity contribution is 0.481. The van der Waals surface area contributed by atoms with Gasteiger partial charge in [-0.2, -0.15) is 0 Å². The fourth-order valence-corrected chi connectivity index (χ4v) is 2.71. The lowest BCUT2D eigenvalue weighted by Gasteiger charge is -2.10. The Labute approximate surface area is 138 Å². The second-order valence-corrected chi connectivity index (χ2v) is 6.68. The van der Waals surface area contributed by atoms with Gasteiger partial charge in [-0.25, -0.2) is 0 Å². The first-order chi connectivity index (χ1) is 10.1. The summed E-state index contributed by atoms with van der Waals surface area (Å²) in [6.07, 6.45) is 2.60. The lowest BCUT2D eigenvalue weighted by atomic mass is 10.2. The molecule has 0 heterocycles. The van der Waals surface area contributed by atoms with Crippen LogP contribution in [0.2, 0.25) is 5.02 Å². The van der Waals surface area contributed by atoms with Crippen molar-refractivity contribution in [2.45, 2.75) is 32.4 Å². The molecule has 1 N–H and O–H groups in total. The highest BCUT2D eigenvalue weighted by atomic mass is 79.9. The van der Waals surface area contributed by atoms with Crippen molar-refractivity contribution in [1.29, 1.82) is 0 Å². The minimum atomic E-state index is 0.713. The van der Waals surface area contributed by atoms with Crippen molar-refractivity contribution in [1.82, 2.24) is 5.32 Å². The van der Waals surface area contributed by atoms with Gasteiger partial charge in [0.15, 0.2) is 0 Å². The zero-order valence-corrected chi connectivity index (χ0v) is 14.2. The van der Waals surface area contributed by atoms with Gasteiger partial charge < -0.3 is 10.1 Å². The number of aryl methyl sites for hydroxylation is 1. The molecule has 3 rings (SSSR count). The Bertz CT molecular complexity index is 655. The largest absolute Gasteiger partial charge is 0.457 e. The van der Waals surface area contributed by atoms with Gasteiger partial charge in [0.2, 0.25) is 0 Å². The fraction of sp³-hybridized carbons (Fsp3) is 0.294. The van der Waals surface area contributed by atoms with Gasteiger partial charge in [-0.3, -0.25) is 0 Å². The van der Waals surface area contributed by atoms with Crippen LogP contribution in [0.1, 0.15) is 24.0 Å². The van der Waals surface area contributed by atoms with E-state index in [0.29, 0.717) is 6.04 Å². The quantitative estimate of drug-likeness (QED) is 0.759. The van der Waals surface area contributed by atoms with Gasteiger partial charge in [0.05, 0.1) is 0 Å². The van der Waals surface area contributed by atoms with E-state index in [1.807, 2.05) is 37.3 Å². The maximum Gasteiger partial charge on any atom is 0.128 e. The molecule has 1 fully saturated rings. The molecule has 0 amide bonds. The average Bonchev–Trinajstić information content (AvgIpc) is 3.26. The van der Waals surface area contributed by atoms with Crippen LogP contribution in [0.5, 0.6) is 11.5 Å². The Morgan fingerprint density at radius 3 is 2.57 bits per heavy atom. The summed E-state index contributed by atoms with van der Waals surface area (Å²) in [5, 5.41) is 4.27. The summed E-state index contributed by atoms with van der Waals surface area (Å²) in [6.45, 7) is 2.86. The molecule has 2 aromatic rings. The maximum absolute atomic E-state index is 6.02. The van der Waals surface area contributed by atoms with Gasteiger partial charge in [0, 0.05) is 22.1 Å². The van der Waals surface area contributed by atoms with E-state index < -0.39 is 0 Å². The van der Waals surface area contributed by atoms with Crippen molar-refractivity contribution >= 4 is 27.5 Å². The average molecular weight is 367 g/mol. The Balaban J connectivity index is 1.70. The third kappa shape index (κ3) is 4.00. The van der Waals surface area contributed by atoms with E-state index in [-0.39, 0.29) is 0 Å². The van der Waals surface area contributed by atoms with E-state index >= 15 is 0 Å². The van der Waals surface area contributed by atoms with Crippen LogP contribution in [0.25, 0.3) is 0 Å².